The summed E-state index contributed by atoms with van der Waals surface area (Å²) in [5.41, 5.74) is 5.27. The third kappa shape index (κ3) is 4.46. The van der Waals surface area contributed by atoms with Gasteiger partial charge in [0, 0.05) is 56.0 Å². The molecule has 0 saturated carbocycles. The molecular weight excluding hydrogens is 422 g/mol. The van der Waals surface area contributed by atoms with Crippen molar-refractivity contribution >= 4 is 11.6 Å². The van der Waals surface area contributed by atoms with Crippen LogP contribution in [0.3, 0.4) is 0 Å². The maximum atomic E-state index is 13.7. The molecule has 4 aromatic rings. The number of carbonyl (C=O) groups is 1. The van der Waals surface area contributed by atoms with E-state index >= 15 is 0 Å². The molecule has 3 heterocycles. The molecule has 1 amide bonds. The van der Waals surface area contributed by atoms with Gasteiger partial charge in [0.2, 0.25) is 0 Å². The Morgan fingerprint density at radius 3 is 2.21 bits per heavy atom. The van der Waals surface area contributed by atoms with Gasteiger partial charge in [0.15, 0.2) is 5.65 Å². The molecule has 34 heavy (non-hydrogen) atoms. The Kier molecular flexibility index (Phi) is 5.92. The SMILES string of the molecule is CC(C)(C)c1cc2ncc(C(=O)N3CCN(Cc4ccccc4)CC3)c(-c3ccccc3)n2n1. The molecule has 1 aliphatic heterocycles. The van der Waals surface area contributed by atoms with E-state index in [4.69, 9.17) is 5.10 Å². The third-order valence-corrected chi connectivity index (χ3v) is 6.44. The fourth-order valence-corrected chi connectivity index (χ4v) is 4.45. The van der Waals surface area contributed by atoms with E-state index in [1.165, 1.54) is 5.56 Å². The number of hydrogen-bond donors (Lipinski definition) is 0. The topological polar surface area (TPSA) is 53.7 Å². The molecule has 6 heteroatoms. The summed E-state index contributed by atoms with van der Waals surface area (Å²) in [6.07, 6.45) is 1.73. The van der Waals surface area contributed by atoms with Gasteiger partial charge < -0.3 is 4.90 Å². The van der Waals surface area contributed by atoms with Crippen LogP contribution in [0, 0.1) is 0 Å². The molecule has 1 aliphatic rings. The van der Waals surface area contributed by atoms with Gasteiger partial charge in [-0.15, -0.1) is 0 Å². The number of aromatic nitrogens is 3. The Morgan fingerprint density at radius 1 is 0.912 bits per heavy atom. The van der Waals surface area contributed by atoms with Crippen molar-refractivity contribution in [2.45, 2.75) is 32.7 Å². The van der Waals surface area contributed by atoms with Gasteiger partial charge in [0.1, 0.15) is 0 Å². The number of hydrogen-bond acceptors (Lipinski definition) is 4. The van der Waals surface area contributed by atoms with Crippen LogP contribution in [0.1, 0.15) is 42.4 Å². The number of amides is 1. The zero-order valence-electron chi connectivity index (χ0n) is 20.1. The third-order valence-electron chi connectivity index (χ3n) is 6.44. The maximum Gasteiger partial charge on any atom is 0.257 e. The average Bonchev–Trinajstić information content (AvgIpc) is 3.30. The van der Waals surface area contributed by atoms with Crippen LogP contribution in [0.25, 0.3) is 16.9 Å². The molecule has 0 atom stereocenters. The summed E-state index contributed by atoms with van der Waals surface area (Å²) in [7, 11) is 0. The first kappa shape index (κ1) is 22.3. The van der Waals surface area contributed by atoms with E-state index in [1.807, 2.05) is 51.9 Å². The molecule has 0 unspecified atom stereocenters. The number of benzene rings is 2. The van der Waals surface area contributed by atoms with Crippen molar-refractivity contribution in [1.29, 1.82) is 0 Å². The van der Waals surface area contributed by atoms with E-state index in [1.54, 1.807) is 6.20 Å². The van der Waals surface area contributed by atoms with E-state index in [0.29, 0.717) is 18.7 Å². The van der Waals surface area contributed by atoms with Gasteiger partial charge in [-0.3, -0.25) is 9.69 Å². The van der Waals surface area contributed by atoms with Gasteiger partial charge in [-0.05, 0) is 5.56 Å². The van der Waals surface area contributed by atoms with Gasteiger partial charge in [-0.2, -0.15) is 5.10 Å². The zero-order chi connectivity index (χ0) is 23.7. The second-order valence-corrected chi connectivity index (χ2v) is 9.99. The number of fused-ring (bicyclic) bond motifs is 1. The van der Waals surface area contributed by atoms with Crippen LogP contribution in [-0.2, 0) is 12.0 Å². The second-order valence-electron chi connectivity index (χ2n) is 9.99. The standard InChI is InChI=1S/C28H31N5O/c1-28(2,3)24-18-25-29-19-23(26(33(25)30-24)22-12-8-5-9-13-22)27(34)32-16-14-31(15-17-32)20-21-10-6-4-7-11-21/h4-13,18-19H,14-17,20H2,1-3H3. The fourth-order valence-electron chi connectivity index (χ4n) is 4.45. The Hall–Kier alpha value is -3.51. The Balaban J connectivity index is 1.44. The molecule has 0 bridgehead atoms. The molecule has 0 N–H and O–H groups in total. The molecule has 5 rings (SSSR count). The molecule has 0 radical (unpaired) electrons. The lowest BCUT2D eigenvalue weighted by Gasteiger charge is -2.35. The van der Waals surface area contributed by atoms with Crippen LogP contribution in [0.2, 0.25) is 0 Å². The molecule has 0 spiro atoms. The van der Waals surface area contributed by atoms with Gasteiger partial charge >= 0.3 is 0 Å². The largest absolute Gasteiger partial charge is 0.336 e. The van der Waals surface area contributed by atoms with Crippen molar-refractivity contribution in [2.75, 3.05) is 26.2 Å². The highest BCUT2D eigenvalue weighted by molar-refractivity contribution is 6.00. The maximum absolute atomic E-state index is 13.7. The summed E-state index contributed by atoms with van der Waals surface area (Å²) in [6, 6.07) is 22.5. The van der Waals surface area contributed by atoms with Crippen LogP contribution < -0.4 is 0 Å². The first-order valence-corrected chi connectivity index (χ1v) is 11.9. The van der Waals surface area contributed by atoms with E-state index in [0.717, 1.165) is 42.2 Å². The molecule has 6 nitrogen and oxygen atoms in total. The summed E-state index contributed by atoms with van der Waals surface area (Å²) in [5.74, 6) is 0.0143. The van der Waals surface area contributed by atoms with Gasteiger partial charge in [-0.25, -0.2) is 9.50 Å². The highest BCUT2D eigenvalue weighted by Crippen LogP contribution is 2.28. The second kappa shape index (κ2) is 9.03. The van der Waals surface area contributed by atoms with E-state index < -0.39 is 0 Å². The minimum Gasteiger partial charge on any atom is -0.336 e. The van der Waals surface area contributed by atoms with Crippen molar-refractivity contribution in [3.63, 3.8) is 0 Å². The van der Waals surface area contributed by atoms with E-state index in [-0.39, 0.29) is 11.3 Å². The molecular formula is C28H31N5O. The highest BCUT2D eigenvalue weighted by atomic mass is 16.2. The minimum atomic E-state index is -0.110. The lowest BCUT2D eigenvalue weighted by molar-refractivity contribution is 0.0628. The monoisotopic (exact) mass is 453 g/mol. The van der Waals surface area contributed by atoms with Crippen LogP contribution in [0.5, 0.6) is 0 Å². The first-order valence-electron chi connectivity index (χ1n) is 11.9. The van der Waals surface area contributed by atoms with Gasteiger partial charge in [0.25, 0.3) is 5.91 Å². The first-order chi connectivity index (χ1) is 16.4. The Bertz CT molecular complexity index is 1280. The van der Waals surface area contributed by atoms with Crippen LogP contribution >= 0.6 is 0 Å². The van der Waals surface area contributed by atoms with Crippen molar-refractivity contribution in [1.82, 2.24) is 24.4 Å². The van der Waals surface area contributed by atoms with E-state index in [2.05, 4.69) is 54.9 Å². The van der Waals surface area contributed by atoms with Crippen molar-refractivity contribution in [3.05, 3.63) is 89.7 Å². The predicted octanol–water partition coefficient (Wildman–Crippen LogP) is 4.65. The summed E-state index contributed by atoms with van der Waals surface area (Å²) in [6.45, 7) is 10.4. The number of nitrogens with zero attached hydrogens (tertiary/aromatic N) is 5. The van der Waals surface area contributed by atoms with E-state index in [9.17, 15) is 4.79 Å². The molecule has 0 aliphatic carbocycles. The molecule has 1 saturated heterocycles. The molecule has 2 aromatic carbocycles. The highest BCUT2D eigenvalue weighted by Gasteiger charge is 2.27. The predicted molar refractivity (Wildman–Crippen MR) is 135 cm³/mol. The Labute approximate surface area is 200 Å². The minimum absolute atomic E-state index is 0.0143. The Morgan fingerprint density at radius 2 is 1.56 bits per heavy atom. The fraction of sp³-hybridized carbons (Fsp3) is 0.321. The van der Waals surface area contributed by atoms with Crippen LogP contribution in [-0.4, -0.2) is 56.5 Å². The van der Waals surface area contributed by atoms with Gasteiger partial charge in [0.05, 0.1) is 17.0 Å². The number of piperazine rings is 1. The molecule has 2 aromatic heterocycles. The van der Waals surface area contributed by atoms with Crippen LogP contribution in [0.15, 0.2) is 72.9 Å². The van der Waals surface area contributed by atoms with Gasteiger partial charge in [-0.1, -0.05) is 81.4 Å². The average molecular weight is 454 g/mol. The molecule has 174 valence electrons. The summed E-state index contributed by atoms with van der Waals surface area (Å²) in [5, 5.41) is 4.88. The van der Waals surface area contributed by atoms with Crippen molar-refractivity contribution in [2.24, 2.45) is 0 Å². The lowest BCUT2D eigenvalue weighted by atomic mass is 9.93. The zero-order valence-corrected chi connectivity index (χ0v) is 20.1. The number of carbonyl (C=O) groups excluding carboxylic acids is 1. The number of rotatable bonds is 4. The van der Waals surface area contributed by atoms with Crippen molar-refractivity contribution in [3.8, 4) is 11.3 Å². The quantitative estimate of drug-likeness (QED) is 0.451. The molecule has 1 fully saturated rings. The van der Waals surface area contributed by atoms with Crippen LogP contribution in [0.4, 0.5) is 0 Å². The smallest absolute Gasteiger partial charge is 0.257 e. The van der Waals surface area contributed by atoms with Crippen molar-refractivity contribution < 1.29 is 4.79 Å². The lowest BCUT2D eigenvalue weighted by Crippen LogP contribution is -2.48. The summed E-state index contributed by atoms with van der Waals surface area (Å²) < 4.78 is 1.84. The summed E-state index contributed by atoms with van der Waals surface area (Å²) >= 11 is 0. The summed E-state index contributed by atoms with van der Waals surface area (Å²) in [4.78, 5) is 22.7. The normalized spacial score (nSPS) is 15.1.